The Hall–Kier alpha value is -6.97. The fraction of sp³-hybridized carbons (Fsp3) is 0. The van der Waals surface area contributed by atoms with Crippen molar-refractivity contribution in [2.75, 3.05) is 0 Å². The maximum atomic E-state index is 5.15. The van der Waals surface area contributed by atoms with Crippen molar-refractivity contribution in [3.63, 3.8) is 0 Å². The van der Waals surface area contributed by atoms with Crippen LogP contribution in [0.3, 0.4) is 0 Å². The van der Waals surface area contributed by atoms with Crippen LogP contribution in [0.4, 0.5) is 0 Å². The van der Waals surface area contributed by atoms with E-state index in [-0.39, 0.29) is 0 Å². The minimum absolute atomic E-state index is 0.908. The summed E-state index contributed by atoms with van der Waals surface area (Å²) in [7, 11) is 0. The number of aromatic nitrogens is 3. The highest BCUT2D eigenvalue weighted by molar-refractivity contribution is 5.96. The molecule has 0 aliphatic carbocycles. The second kappa shape index (κ2) is 13.7. The average molecular weight is 664 g/mol. The van der Waals surface area contributed by atoms with Gasteiger partial charge in [-0.25, -0.2) is 4.98 Å². The SMILES string of the molecule is c1ccc(-c2cc(-c3ccccc3)cc(-c3cccc(-c4cccc(-c5cc(-c6cc(-c7ccncc7)ccn6)c6ccccc6n5)c4)c3)c2)cc1. The fourth-order valence-corrected chi connectivity index (χ4v) is 6.96. The number of nitrogens with zero attached hydrogens (tertiary/aromatic N) is 3. The molecule has 0 bridgehead atoms. The first-order valence-corrected chi connectivity index (χ1v) is 17.5. The lowest BCUT2D eigenvalue weighted by atomic mass is 9.92. The zero-order valence-electron chi connectivity index (χ0n) is 28.4. The van der Waals surface area contributed by atoms with Gasteiger partial charge in [0, 0.05) is 35.1 Å². The summed E-state index contributed by atoms with van der Waals surface area (Å²) in [6.45, 7) is 0. The molecule has 0 saturated heterocycles. The first kappa shape index (κ1) is 31.0. The molecule has 3 aromatic heterocycles. The molecule has 0 atom stereocenters. The number of pyridine rings is 3. The lowest BCUT2D eigenvalue weighted by Gasteiger charge is -2.13. The second-order valence-corrected chi connectivity index (χ2v) is 12.9. The summed E-state index contributed by atoms with van der Waals surface area (Å²) in [5.41, 5.74) is 16.5. The highest BCUT2D eigenvalue weighted by Crippen LogP contribution is 2.37. The first-order chi connectivity index (χ1) is 25.7. The minimum atomic E-state index is 0.908. The second-order valence-electron chi connectivity index (χ2n) is 12.9. The quantitative estimate of drug-likeness (QED) is 0.170. The number of para-hydroxylation sites is 1. The average Bonchev–Trinajstić information content (AvgIpc) is 3.24. The molecule has 6 aromatic carbocycles. The zero-order chi connectivity index (χ0) is 34.7. The van der Waals surface area contributed by atoms with Crippen LogP contribution in [-0.4, -0.2) is 15.0 Å². The number of hydrogen-bond donors (Lipinski definition) is 0. The molecule has 3 heteroatoms. The molecule has 0 unspecified atom stereocenters. The van der Waals surface area contributed by atoms with Crippen LogP contribution < -0.4 is 0 Å². The molecule has 0 aliphatic rings. The number of fused-ring (bicyclic) bond motifs is 1. The monoisotopic (exact) mass is 663 g/mol. The Labute approximate surface area is 303 Å². The van der Waals surface area contributed by atoms with E-state index in [1.165, 1.54) is 33.4 Å². The molecule has 244 valence electrons. The molecule has 9 aromatic rings. The largest absolute Gasteiger partial charge is 0.265 e. The van der Waals surface area contributed by atoms with Crippen LogP contribution in [0.15, 0.2) is 201 Å². The van der Waals surface area contributed by atoms with Crippen LogP contribution in [0.1, 0.15) is 0 Å². The summed E-state index contributed by atoms with van der Waals surface area (Å²) in [4.78, 5) is 14.2. The van der Waals surface area contributed by atoms with Crippen LogP contribution in [0, 0.1) is 0 Å². The molecular formula is C49H33N3. The van der Waals surface area contributed by atoms with Crippen LogP contribution >= 0.6 is 0 Å². The third-order valence-corrected chi connectivity index (χ3v) is 9.60. The number of hydrogen-bond acceptors (Lipinski definition) is 3. The molecule has 0 saturated carbocycles. The van der Waals surface area contributed by atoms with E-state index in [1.807, 2.05) is 42.9 Å². The summed E-state index contributed by atoms with van der Waals surface area (Å²) < 4.78 is 0. The van der Waals surface area contributed by atoms with Gasteiger partial charge in [0.1, 0.15) is 0 Å². The molecule has 52 heavy (non-hydrogen) atoms. The van der Waals surface area contributed by atoms with Gasteiger partial charge in [0.15, 0.2) is 0 Å². The van der Waals surface area contributed by atoms with Crippen LogP contribution in [0.5, 0.6) is 0 Å². The van der Waals surface area contributed by atoms with Gasteiger partial charge in [-0.15, -0.1) is 0 Å². The molecular weight excluding hydrogens is 631 g/mol. The van der Waals surface area contributed by atoms with Gasteiger partial charge in [-0.05, 0) is 122 Å². The van der Waals surface area contributed by atoms with Crippen molar-refractivity contribution < 1.29 is 0 Å². The van der Waals surface area contributed by atoms with E-state index in [0.717, 1.165) is 55.7 Å². The van der Waals surface area contributed by atoms with Crippen molar-refractivity contribution in [2.45, 2.75) is 0 Å². The Kier molecular flexibility index (Phi) is 8.20. The van der Waals surface area contributed by atoms with E-state index >= 15 is 0 Å². The summed E-state index contributed by atoms with van der Waals surface area (Å²) in [5, 5.41) is 1.07. The van der Waals surface area contributed by atoms with Gasteiger partial charge in [-0.3, -0.25) is 9.97 Å². The maximum Gasteiger partial charge on any atom is 0.0716 e. The summed E-state index contributed by atoms with van der Waals surface area (Å²) in [5.74, 6) is 0. The van der Waals surface area contributed by atoms with Crippen LogP contribution in [0.25, 0.3) is 89.1 Å². The van der Waals surface area contributed by atoms with Crippen molar-refractivity contribution in [2.24, 2.45) is 0 Å². The third kappa shape index (κ3) is 6.28. The third-order valence-electron chi connectivity index (χ3n) is 9.60. The molecule has 0 aliphatic heterocycles. The predicted molar refractivity (Wildman–Crippen MR) is 215 cm³/mol. The smallest absolute Gasteiger partial charge is 0.0716 e. The lowest BCUT2D eigenvalue weighted by Crippen LogP contribution is -1.92. The molecule has 9 rings (SSSR count). The van der Waals surface area contributed by atoms with E-state index in [9.17, 15) is 0 Å². The highest BCUT2D eigenvalue weighted by Gasteiger charge is 2.13. The Balaban J connectivity index is 1.12. The first-order valence-electron chi connectivity index (χ1n) is 17.5. The Bertz CT molecular complexity index is 2610. The molecule has 0 N–H and O–H groups in total. The van der Waals surface area contributed by atoms with E-state index in [4.69, 9.17) is 9.97 Å². The van der Waals surface area contributed by atoms with Gasteiger partial charge >= 0.3 is 0 Å². The molecule has 0 amide bonds. The molecule has 0 spiro atoms. The Morgan fingerprint density at radius 2 is 0.750 bits per heavy atom. The summed E-state index contributed by atoms with van der Waals surface area (Å²) >= 11 is 0. The predicted octanol–water partition coefficient (Wildman–Crippen LogP) is 12.7. The van der Waals surface area contributed by atoms with E-state index in [1.54, 1.807) is 0 Å². The number of rotatable bonds is 7. The van der Waals surface area contributed by atoms with Crippen LogP contribution in [0.2, 0.25) is 0 Å². The molecule has 0 radical (unpaired) electrons. The van der Waals surface area contributed by atoms with Crippen molar-refractivity contribution in [1.29, 1.82) is 0 Å². The number of benzene rings is 6. The molecule has 3 nitrogen and oxygen atoms in total. The van der Waals surface area contributed by atoms with Gasteiger partial charge in [-0.1, -0.05) is 115 Å². The summed E-state index contributed by atoms with van der Waals surface area (Å²) in [6, 6.07) is 64.4. The Morgan fingerprint density at radius 1 is 0.288 bits per heavy atom. The normalized spacial score (nSPS) is 11.1. The standard InChI is InChI=1S/C49H33N3/c1-3-11-34(12-4-1)42-29-43(35-13-5-2-6-14-35)31-44(30-42)39-17-9-15-37(27-39)38-16-10-18-41(28-38)48-33-46(45-19-7-8-20-47(45)52-48)49-32-40(23-26-51-49)36-21-24-50-25-22-36/h1-33H. The lowest BCUT2D eigenvalue weighted by molar-refractivity contribution is 1.30. The van der Waals surface area contributed by atoms with Gasteiger partial charge < -0.3 is 0 Å². The minimum Gasteiger partial charge on any atom is -0.265 e. The van der Waals surface area contributed by atoms with Gasteiger partial charge in [0.2, 0.25) is 0 Å². The van der Waals surface area contributed by atoms with E-state index in [0.29, 0.717) is 0 Å². The van der Waals surface area contributed by atoms with Gasteiger partial charge in [-0.2, -0.15) is 0 Å². The summed E-state index contributed by atoms with van der Waals surface area (Å²) in [6.07, 6.45) is 5.52. The van der Waals surface area contributed by atoms with E-state index in [2.05, 4.69) is 163 Å². The maximum absolute atomic E-state index is 5.15. The molecule has 3 heterocycles. The van der Waals surface area contributed by atoms with Crippen molar-refractivity contribution in [1.82, 2.24) is 15.0 Å². The zero-order valence-corrected chi connectivity index (χ0v) is 28.4. The van der Waals surface area contributed by atoms with Gasteiger partial charge in [0.05, 0.1) is 16.9 Å². The fourth-order valence-electron chi connectivity index (χ4n) is 6.96. The van der Waals surface area contributed by atoms with Gasteiger partial charge in [0.25, 0.3) is 0 Å². The highest BCUT2D eigenvalue weighted by atomic mass is 14.7. The molecule has 0 fully saturated rings. The van der Waals surface area contributed by atoms with Crippen molar-refractivity contribution in [3.8, 4) is 78.1 Å². The van der Waals surface area contributed by atoms with E-state index < -0.39 is 0 Å². The Morgan fingerprint density at radius 3 is 1.42 bits per heavy atom. The van der Waals surface area contributed by atoms with Crippen LogP contribution in [-0.2, 0) is 0 Å². The van der Waals surface area contributed by atoms with Crippen molar-refractivity contribution >= 4 is 10.9 Å². The van der Waals surface area contributed by atoms with Crippen molar-refractivity contribution in [3.05, 3.63) is 201 Å². The topological polar surface area (TPSA) is 38.7 Å².